The monoisotopic (exact) mass is 292 g/mol. The fraction of sp³-hybridized carbons (Fsp3) is 0.667. The molecule has 0 saturated heterocycles. The number of carbonyl (C=O) groups is 1. The topological polar surface area (TPSA) is 41.2 Å². The third-order valence-corrected chi connectivity index (χ3v) is 3.88. The quantitative estimate of drug-likeness (QED) is 0.452. The summed E-state index contributed by atoms with van der Waals surface area (Å²) in [6, 6.07) is 3.44. The van der Waals surface area contributed by atoms with Gasteiger partial charge in [-0.05, 0) is 12.5 Å². The van der Waals surface area contributed by atoms with Crippen LogP contribution in [0, 0.1) is 0 Å². The molecular formula is C18H30NO2+. The van der Waals surface area contributed by atoms with Gasteiger partial charge in [-0.1, -0.05) is 58.3 Å². The van der Waals surface area contributed by atoms with E-state index in [0.717, 1.165) is 13.0 Å². The molecular weight excluding hydrogens is 262 g/mol. The summed E-state index contributed by atoms with van der Waals surface area (Å²) in [5.41, 5.74) is 0.365. The van der Waals surface area contributed by atoms with Crippen LogP contribution in [0.3, 0.4) is 0 Å². The van der Waals surface area contributed by atoms with Crippen LogP contribution in [0.1, 0.15) is 81.5 Å². The summed E-state index contributed by atoms with van der Waals surface area (Å²) in [7, 11) is 0. The minimum Gasteiger partial charge on any atom is -0.477 e. The number of unbranched alkanes of at least 4 members (excludes halogenated alkanes) is 9. The summed E-state index contributed by atoms with van der Waals surface area (Å²) in [5.74, 6) is -0.854. The van der Waals surface area contributed by atoms with Gasteiger partial charge < -0.3 is 5.11 Å². The standard InChI is InChI=1S/C18H29NO2/c1-2-3-4-5-6-7-8-9-10-11-14-19-15-12-13-17(16-19)18(20)21/h12-13,15-16H,2-11,14H2,1H3/p+1. The number of hydrogen-bond acceptors (Lipinski definition) is 1. The normalized spacial score (nSPS) is 10.7. The van der Waals surface area contributed by atoms with Gasteiger partial charge in [-0.2, -0.15) is 0 Å². The predicted octanol–water partition coefficient (Wildman–Crippen LogP) is 4.59. The van der Waals surface area contributed by atoms with Gasteiger partial charge in [-0.25, -0.2) is 9.36 Å². The maximum Gasteiger partial charge on any atom is 0.341 e. The van der Waals surface area contributed by atoms with E-state index < -0.39 is 5.97 Å². The van der Waals surface area contributed by atoms with E-state index in [2.05, 4.69) is 6.92 Å². The molecule has 0 aromatic carbocycles. The molecule has 118 valence electrons. The molecule has 0 radical (unpaired) electrons. The van der Waals surface area contributed by atoms with Crippen LogP contribution in [0.4, 0.5) is 0 Å². The van der Waals surface area contributed by atoms with Gasteiger partial charge in [-0.15, -0.1) is 0 Å². The SMILES string of the molecule is CCCCCCCCCCCC[n+]1cccc(C(=O)O)c1. The van der Waals surface area contributed by atoms with Crippen molar-refractivity contribution in [3.63, 3.8) is 0 Å². The van der Waals surface area contributed by atoms with Gasteiger partial charge in [0.1, 0.15) is 12.1 Å². The molecule has 0 aliphatic rings. The van der Waals surface area contributed by atoms with Crippen molar-refractivity contribution in [2.45, 2.75) is 77.7 Å². The highest BCUT2D eigenvalue weighted by Gasteiger charge is 2.08. The molecule has 0 atom stereocenters. The number of hydrogen-bond donors (Lipinski definition) is 1. The zero-order chi connectivity index (χ0) is 15.3. The third-order valence-electron chi connectivity index (χ3n) is 3.88. The number of rotatable bonds is 12. The molecule has 0 bridgehead atoms. The van der Waals surface area contributed by atoms with E-state index in [1.54, 1.807) is 18.3 Å². The molecule has 1 aromatic heterocycles. The number of nitrogens with zero attached hydrogens (tertiary/aromatic N) is 1. The van der Waals surface area contributed by atoms with Crippen LogP contribution < -0.4 is 4.57 Å². The van der Waals surface area contributed by atoms with E-state index in [1.165, 1.54) is 57.8 Å². The van der Waals surface area contributed by atoms with Gasteiger partial charge in [0.25, 0.3) is 0 Å². The molecule has 0 aliphatic heterocycles. The Kier molecular flexibility index (Phi) is 9.51. The molecule has 21 heavy (non-hydrogen) atoms. The van der Waals surface area contributed by atoms with E-state index in [1.807, 2.05) is 10.8 Å². The van der Waals surface area contributed by atoms with Crippen molar-refractivity contribution in [3.8, 4) is 0 Å². The first-order valence-corrected chi connectivity index (χ1v) is 8.46. The maximum atomic E-state index is 10.9. The highest BCUT2D eigenvalue weighted by atomic mass is 16.4. The summed E-state index contributed by atoms with van der Waals surface area (Å²) >= 11 is 0. The Labute approximate surface area is 129 Å². The highest BCUT2D eigenvalue weighted by Crippen LogP contribution is 2.10. The van der Waals surface area contributed by atoms with Crippen LogP contribution in [-0.4, -0.2) is 11.1 Å². The fourth-order valence-electron chi connectivity index (χ4n) is 2.57. The lowest BCUT2D eigenvalue weighted by Gasteiger charge is -2.01. The molecule has 0 amide bonds. The Bertz CT molecular complexity index is 404. The lowest BCUT2D eigenvalue weighted by Crippen LogP contribution is -2.33. The van der Waals surface area contributed by atoms with E-state index in [4.69, 9.17) is 5.11 Å². The van der Waals surface area contributed by atoms with E-state index >= 15 is 0 Å². The minimum atomic E-state index is -0.854. The lowest BCUT2D eigenvalue weighted by atomic mass is 10.1. The summed E-state index contributed by atoms with van der Waals surface area (Å²) in [4.78, 5) is 10.9. The van der Waals surface area contributed by atoms with Crippen LogP contribution in [-0.2, 0) is 6.54 Å². The number of pyridine rings is 1. The molecule has 3 nitrogen and oxygen atoms in total. The number of carboxylic acids is 1. The second-order valence-corrected chi connectivity index (χ2v) is 5.82. The summed E-state index contributed by atoms with van der Waals surface area (Å²) in [6.07, 6.45) is 16.9. The Morgan fingerprint density at radius 3 is 2.14 bits per heavy atom. The van der Waals surface area contributed by atoms with Crippen molar-refractivity contribution in [1.29, 1.82) is 0 Å². The van der Waals surface area contributed by atoms with Crippen LogP contribution in [0.25, 0.3) is 0 Å². The average Bonchev–Trinajstić information content (AvgIpc) is 2.49. The van der Waals surface area contributed by atoms with Crippen molar-refractivity contribution >= 4 is 5.97 Å². The number of carboxylic acid groups (broad SMARTS) is 1. The average molecular weight is 292 g/mol. The van der Waals surface area contributed by atoms with Gasteiger partial charge in [-0.3, -0.25) is 0 Å². The zero-order valence-electron chi connectivity index (χ0n) is 13.4. The smallest absolute Gasteiger partial charge is 0.341 e. The summed E-state index contributed by atoms with van der Waals surface area (Å²) in [6.45, 7) is 3.17. The maximum absolute atomic E-state index is 10.9. The van der Waals surface area contributed by atoms with Crippen LogP contribution in [0.5, 0.6) is 0 Å². The van der Waals surface area contributed by atoms with Gasteiger partial charge in [0.15, 0.2) is 12.4 Å². The van der Waals surface area contributed by atoms with Gasteiger partial charge in [0.2, 0.25) is 0 Å². The predicted molar refractivity (Wildman–Crippen MR) is 85.4 cm³/mol. The number of aromatic carboxylic acids is 1. The van der Waals surface area contributed by atoms with E-state index in [-0.39, 0.29) is 0 Å². The molecule has 3 heteroatoms. The Balaban J connectivity index is 2.01. The van der Waals surface area contributed by atoms with Crippen molar-refractivity contribution in [1.82, 2.24) is 0 Å². The molecule has 0 aliphatic carbocycles. The third kappa shape index (κ3) is 8.49. The van der Waals surface area contributed by atoms with Crippen LogP contribution >= 0.6 is 0 Å². The first kappa shape index (κ1) is 17.7. The van der Waals surface area contributed by atoms with Crippen LogP contribution in [0.2, 0.25) is 0 Å². The minimum absolute atomic E-state index is 0.365. The van der Waals surface area contributed by atoms with Gasteiger partial charge >= 0.3 is 5.97 Å². The molecule has 1 rings (SSSR count). The summed E-state index contributed by atoms with van der Waals surface area (Å²) < 4.78 is 1.98. The molecule has 1 N–H and O–H groups in total. The first-order chi connectivity index (χ1) is 10.2. The molecule has 0 fully saturated rings. The fourth-order valence-corrected chi connectivity index (χ4v) is 2.57. The number of aromatic nitrogens is 1. The van der Waals surface area contributed by atoms with Crippen molar-refractivity contribution in [2.24, 2.45) is 0 Å². The van der Waals surface area contributed by atoms with Gasteiger partial charge in [0, 0.05) is 12.5 Å². The van der Waals surface area contributed by atoms with Crippen molar-refractivity contribution in [3.05, 3.63) is 30.1 Å². The zero-order valence-corrected chi connectivity index (χ0v) is 13.4. The molecule has 0 spiro atoms. The molecule has 1 aromatic rings. The van der Waals surface area contributed by atoms with Crippen LogP contribution in [0.15, 0.2) is 24.5 Å². The van der Waals surface area contributed by atoms with E-state index in [0.29, 0.717) is 5.56 Å². The lowest BCUT2D eigenvalue weighted by molar-refractivity contribution is -0.697. The van der Waals surface area contributed by atoms with Crippen molar-refractivity contribution < 1.29 is 14.5 Å². The molecule has 0 saturated carbocycles. The number of aryl methyl sites for hydroxylation is 1. The Morgan fingerprint density at radius 2 is 1.57 bits per heavy atom. The van der Waals surface area contributed by atoms with Crippen molar-refractivity contribution in [2.75, 3.05) is 0 Å². The Hall–Kier alpha value is -1.38. The van der Waals surface area contributed by atoms with Gasteiger partial charge in [0.05, 0.1) is 0 Å². The summed E-state index contributed by atoms with van der Waals surface area (Å²) in [5, 5.41) is 8.94. The molecule has 0 unspecified atom stereocenters. The highest BCUT2D eigenvalue weighted by molar-refractivity contribution is 5.86. The van der Waals surface area contributed by atoms with E-state index in [9.17, 15) is 4.79 Å². The largest absolute Gasteiger partial charge is 0.477 e. The Morgan fingerprint density at radius 1 is 1.00 bits per heavy atom. The second-order valence-electron chi connectivity index (χ2n) is 5.82. The molecule has 1 heterocycles. The second kappa shape index (κ2) is 11.3. The first-order valence-electron chi connectivity index (χ1n) is 8.46.